The first-order chi connectivity index (χ1) is 9.44. The first kappa shape index (κ1) is 15.8. The van der Waals surface area contributed by atoms with Gasteiger partial charge >= 0.3 is 0 Å². The van der Waals surface area contributed by atoms with E-state index in [2.05, 4.69) is 0 Å². The molecule has 1 aromatic heterocycles. The zero-order valence-corrected chi connectivity index (χ0v) is 13.8. The van der Waals surface area contributed by atoms with Gasteiger partial charge in [0.05, 0.1) is 16.8 Å². The number of amides is 1. The molecule has 1 amide bonds. The van der Waals surface area contributed by atoms with E-state index in [0.29, 0.717) is 13.1 Å². The molecule has 2 atom stereocenters. The minimum absolute atomic E-state index is 0.0494. The number of carbonyl (C=O) groups excluding carboxylic acids is 1. The summed E-state index contributed by atoms with van der Waals surface area (Å²) in [4.78, 5) is 15.8. The van der Waals surface area contributed by atoms with Gasteiger partial charge in [0.1, 0.15) is 0 Å². The molecule has 112 valence electrons. The molecule has 2 N–H and O–H groups in total. The summed E-state index contributed by atoms with van der Waals surface area (Å²) in [6.07, 6.45) is 4.08. The number of thiophene rings is 1. The highest BCUT2D eigenvalue weighted by Gasteiger charge is 2.39. The van der Waals surface area contributed by atoms with Crippen LogP contribution in [0.25, 0.3) is 0 Å². The summed E-state index contributed by atoms with van der Waals surface area (Å²) in [6.45, 7) is 5.38. The molecule has 1 aliphatic carbocycles. The third-order valence-electron chi connectivity index (χ3n) is 4.22. The molecule has 1 saturated carbocycles. The lowest BCUT2D eigenvalue weighted by Gasteiger charge is -2.39. The summed E-state index contributed by atoms with van der Waals surface area (Å²) in [5.41, 5.74) is 5.98. The second-order valence-corrected chi connectivity index (χ2v) is 7.66. The van der Waals surface area contributed by atoms with Gasteiger partial charge in [-0.25, -0.2) is 0 Å². The van der Waals surface area contributed by atoms with Crippen LogP contribution in [-0.4, -0.2) is 22.9 Å². The van der Waals surface area contributed by atoms with Gasteiger partial charge < -0.3 is 10.6 Å². The van der Waals surface area contributed by atoms with E-state index in [1.165, 1.54) is 11.3 Å². The van der Waals surface area contributed by atoms with Crippen LogP contribution in [0.2, 0.25) is 4.34 Å². The Labute approximate surface area is 130 Å². The van der Waals surface area contributed by atoms with E-state index >= 15 is 0 Å². The summed E-state index contributed by atoms with van der Waals surface area (Å²) < 4.78 is 0.768. The Bertz CT molecular complexity index is 472. The zero-order valence-electron chi connectivity index (χ0n) is 12.2. The van der Waals surface area contributed by atoms with E-state index < -0.39 is 0 Å². The van der Waals surface area contributed by atoms with Gasteiger partial charge in [0.25, 0.3) is 0 Å². The Morgan fingerprint density at radius 3 is 2.85 bits per heavy atom. The Kier molecular flexibility index (Phi) is 5.10. The molecule has 20 heavy (non-hydrogen) atoms. The van der Waals surface area contributed by atoms with Crippen LogP contribution in [0.3, 0.4) is 0 Å². The molecule has 1 heterocycles. The van der Waals surface area contributed by atoms with Crippen molar-refractivity contribution < 1.29 is 4.79 Å². The maximum atomic E-state index is 12.8. The van der Waals surface area contributed by atoms with Crippen LogP contribution in [0.15, 0.2) is 12.1 Å². The smallest absolute Gasteiger partial charge is 0.227 e. The first-order valence-electron chi connectivity index (χ1n) is 7.26. The maximum Gasteiger partial charge on any atom is 0.227 e. The quantitative estimate of drug-likeness (QED) is 0.922. The molecule has 2 rings (SSSR count). The SMILES string of the molecule is CCN(Cc1ccc(Cl)s1)C(=O)C1CCCCC1(C)N. The third kappa shape index (κ3) is 3.54. The van der Waals surface area contributed by atoms with Gasteiger partial charge in [-0.2, -0.15) is 0 Å². The molecule has 0 saturated heterocycles. The van der Waals surface area contributed by atoms with Crippen LogP contribution < -0.4 is 5.73 Å². The normalized spacial score (nSPS) is 26.5. The van der Waals surface area contributed by atoms with E-state index in [0.717, 1.165) is 34.9 Å². The molecule has 5 heteroatoms. The van der Waals surface area contributed by atoms with Crippen molar-refractivity contribution in [2.75, 3.05) is 6.54 Å². The van der Waals surface area contributed by atoms with Crippen molar-refractivity contribution >= 4 is 28.8 Å². The van der Waals surface area contributed by atoms with Crippen molar-refractivity contribution in [3.63, 3.8) is 0 Å². The zero-order chi connectivity index (χ0) is 14.8. The average molecular weight is 315 g/mol. The maximum absolute atomic E-state index is 12.8. The molecule has 0 radical (unpaired) electrons. The van der Waals surface area contributed by atoms with Crippen LogP contribution in [0.4, 0.5) is 0 Å². The monoisotopic (exact) mass is 314 g/mol. The predicted molar refractivity (Wildman–Crippen MR) is 85.0 cm³/mol. The topological polar surface area (TPSA) is 46.3 Å². The number of hydrogen-bond acceptors (Lipinski definition) is 3. The van der Waals surface area contributed by atoms with Crippen molar-refractivity contribution in [1.82, 2.24) is 4.90 Å². The van der Waals surface area contributed by atoms with E-state index in [1.54, 1.807) is 0 Å². The second kappa shape index (κ2) is 6.46. The van der Waals surface area contributed by atoms with Gasteiger partial charge in [-0.3, -0.25) is 4.79 Å². The fourth-order valence-electron chi connectivity index (χ4n) is 2.95. The van der Waals surface area contributed by atoms with Crippen molar-refractivity contribution in [2.24, 2.45) is 11.7 Å². The summed E-state index contributed by atoms with van der Waals surface area (Å²) in [7, 11) is 0. The number of halogens is 1. The van der Waals surface area contributed by atoms with Crippen molar-refractivity contribution in [1.29, 1.82) is 0 Å². The van der Waals surface area contributed by atoms with Crippen molar-refractivity contribution in [3.8, 4) is 0 Å². The third-order valence-corrected chi connectivity index (χ3v) is 5.44. The molecular weight excluding hydrogens is 292 g/mol. The molecule has 0 spiro atoms. The Morgan fingerprint density at radius 1 is 1.55 bits per heavy atom. The minimum atomic E-state index is -0.365. The Hall–Kier alpha value is -0.580. The van der Waals surface area contributed by atoms with E-state index in [9.17, 15) is 4.79 Å². The Balaban J connectivity index is 2.08. The van der Waals surface area contributed by atoms with Gasteiger partial charge in [-0.15, -0.1) is 11.3 Å². The first-order valence-corrected chi connectivity index (χ1v) is 8.45. The van der Waals surface area contributed by atoms with Crippen LogP contribution in [0, 0.1) is 5.92 Å². The molecule has 0 bridgehead atoms. The summed E-state index contributed by atoms with van der Waals surface area (Å²) in [5.74, 6) is 0.147. The van der Waals surface area contributed by atoms with Crippen molar-refractivity contribution in [3.05, 3.63) is 21.3 Å². The van der Waals surface area contributed by atoms with E-state index in [-0.39, 0.29) is 17.4 Å². The standard InChI is InChI=1S/C15H23ClN2OS/c1-3-18(10-11-7-8-13(16)20-11)14(19)12-6-4-5-9-15(12,2)17/h7-8,12H,3-6,9-10,17H2,1-2H3. The van der Waals surface area contributed by atoms with E-state index in [4.69, 9.17) is 17.3 Å². The largest absolute Gasteiger partial charge is 0.338 e. The lowest BCUT2D eigenvalue weighted by molar-refractivity contribution is -0.139. The van der Waals surface area contributed by atoms with Gasteiger partial charge in [0, 0.05) is 17.0 Å². The molecule has 1 aromatic rings. The molecule has 1 aliphatic rings. The lowest BCUT2D eigenvalue weighted by Crippen LogP contribution is -2.53. The molecule has 2 unspecified atom stereocenters. The number of hydrogen-bond donors (Lipinski definition) is 1. The van der Waals surface area contributed by atoms with Crippen LogP contribution in [0.5, 0.6) is 0 Å². The number of nitrogens with zero attached hydrogens (tertiary/aromatic N) is 1. The second-order valence-electron chi connectivity index (χ2n) is 5.86. The summed E-state index contributed by atoms with van der Waals surface area (Å²) >= 11 is 7.49. The Morgan fingerprint density at radius 2 is 2.30 bits per heavy atom. The molecular formula is C15H23ClN2OS. The van der Waals surface area contributed by atoms with Crippen LogP contribution in [-0.2, 0) is 11.3 Å². The van der Waals surface area contributed by atoms with Crippen molar-refractivity contribution in [2.45, 2.75) is 51.6 Å². The fraction of sp³-hybridized carbons (Fsp3) is 0.667. The van der Waals surface area contributed by atoms with Gasteiger partial charge in [0.15, 0.2) is 0 Å². The average Bonchev–Trinajstić information content (AvgIpc) is 2.80. The minimum Gasteiger partial charge on any atom is -0.338 e. The van der Waals surface area contributed by atoms with Gasteiger partial charge in [-0.1, -0.05) is 24.4 Å². The molecule has 0 aliphatic heterocycles. The summed E-state index contributed by atoms with van der Waals surface area (Å²) in [6, 6.07) is 3.87. The van der Waals surface area contributed by atoms with Gasteiger partial charge in [0.2, 0.25) is 5.91 Å². The number of rotatable bonds is 4. The highest BCUT2D eigenvalue weighted by Crippen LogP contribution is 2.33. The molecule has 0 aromatic carbocycles. The molecule has 1 fully saturated rings. The molecule has 3 nitrogen and oxygen atoms in total. The van der Waals surface area contributed by atoms with Crippen LogP contribution in [0.1, 0.15) is 44.4 Å². The predicted octanol–water partition coefficient (Wildman–Crippen LogP) is 3.66. The lowest BCUT2D eigenvalue weighted by atomic mass is 9.74. The van der Waals surface area contributed by atoms with E-state index in [1.807, 2.05) is 30.9 Å². The highest BCUT2D eigenvalue weighted by molar-refractivity contribution is 7.16. The summed E-state index contributed by atoms with van der Waals surface area (Å²) in [5, 5.41) is 0. The van der Waals surface area contributed by atoms with Crippen LogP contribution >= 0.6 is 22.9 Å². The van der Waals surface area contributed by atoms with Gasteiger partial charge in [-0.05, 0) is 38.8 Å². The highest BCUT2D eigenvalue weighted by atomic mass is 35.5. The fourth-order valence-corrected chi connectivity index (χ4v) is 4.06. The number of nitrogens with two attached hydrogens (primary N) is 1. The number of carbonyl (C=O) groups is 1.